The van der Waals surface area contributed by atoms with Crippen molar-refractivity contribution in [3.8, 4) is 11.8 Å². The highest BCUT2D eigenvalue weighted by molar-refractivity contribution is 4.98. The molecular weight excluding hydrogens is 110 g/mol. The molecule has 9 heavy (non-hydrogen) atoms. The zero-order valence-electron chi connectivity index (χ0n) is 5.85. The van der Waals surface area contributed by atoms with Gasteiger partial charge in [-0.05, 0) is 13.3 Å². The number of nitrogens with two attached hydrogens (primary N) is 1. The molecule has 0 aromatic rings. The molecule has 0 aromatic heterocycles. The lowest BCUT2D eigenvalue weighted by molar-refractivity contribution is 0.705. The summed E-state index contributed by atoms with van der Waals surface area (Å²) in [7, 11) is 0. The molecule has 1 heteroatoms. The highest BCUT2D eigenvalue weighted by Gasteiger charge is 1.93. The van der Waals surface area contributed by atoms with Crippen LogP contribution < -0.4 is 5.73 Å². The quantitative estimate of drug-likeness (QED) is 0.444. The molecule has 0 saturated heterocycles. The van der Waals surface area contributed by atoms with Crippen LogP contribution in [-0.4, -0.2) is 6.04 Å². The molecule has 1 unspecified atom stereocenters. The van der Waals surface area contributed by atoms with E-state index in [9.17, 15) is 0 Å². The van der Waals surface area contributed by atoms with Gasteiger partial charge in [-0.25, -0.2) is 0 Å². The largest absolute Gasteiger partial charge is 0.327 e. The van der Waals surface area contributed by atoms with Crippen molar-refractivity contribution in [1.82, 2.24) is 0 Å². The summed E-state index contributed by atoms with van der Waals surface area (Å²) >= 11 is 0. The van der Waals surface area contributed by atoms with Crippen LogP contribution in [0, 0.1) is 11.8 Å². The predicted molar refractivity (Wildman–Crippen MR) is 40.9 cm³/mol. The highest BCUT2D eigenvalue weighted by atomic mass is 14.6. The number of hydrogen-bond donors (Lipinski definition) is 1. The summed E-state index contributed by atoms with van der Waals surface area (Å²) in [6.45, 7) is 5.40. The van der Waals surface area contributed by atoms with E-state index in [4.69, 9.17) is 5.73 Å². The molecule has 0 aromatic carbocycles. The first kappa shape index (κ1) is 8.26. The van der Waals surface area contributed by atoms with Crippen molar-refractivity contribution in [3.63, 3.8) is 0 Å². The van der Waals surface area contributed by atoms with E-state index in [-0.39, 0.29) is 6.04 Å². The van der Waals surface area contributed by atoms with Gasteiger partial charge in [-0.2, -0.15) is 0 Å². The fourth-order valence-electron chi connectivity index (χ4n) is 0.531. The Labute approximate surface area is 56.9 Å². The Morgan fingerprint density at radius 1 is 1.78 bits per heavy atom. The molecule has 0 aliphatic rings. The molecule has 0 spiro atoms. The SMILES string of the molecule is C=CCC(N)CC#CC. The topological polar surface area (TPSA) is 26.0 Å². The van der Waals surface area contributed by atoms with Gasteiger partial charge in [-0.1, -0.05) is 6.08 Å². The van der Waals surface area contributed by atoms with Crippen LogP contribution in [0.15, 0.2) is 12.7 Å². The average Bonchev–Trinajstić information content (AvgIpc) is 1.85. The molecule has 0 rings (SSSR count). The van der Waals surface area contributed by atoms with E-state index in [1.165, 1.54) is 0 Å². The van der Waals surface area contributed by atoms with Crippen LogP contribution in [0.25, 0.3) is 0 Å². The van der Waals surface area contributed by atoms with Crippen LogP contribution in [0.5, 0.6) is 0 Å². The summed E-state index contributed by atoms with van der Waals surface area (Å²) < 4.78 is 0. The minimum Gasteiger partial charge on any atom is -0.327 e. The zero-order valence-corrected chi connectivity index (χ0v) is 5.85. The van der Waals surface area contributed by atoms with Gasteiger partial charge in [-0.15, -0.1) is 18.4 Å². The van der Waals surface area contributed by atoms with E-state index in [0.29, 0.717) is 0 Å². The van der Waals surface area contributed by atoms with Gasteiger partial charge in [0.15, 0.2) is 0 Å². The van der Waals surface area contributed by atoms with E-state index in [1.54, 1.807) is 0 Å². The van der Waals surface area contributed by atoms with E-state index in [1.807, 2.05) is 13.0 Å². The van der Waals surface area contributed by atoms with Crippen molar-refractivity contribution in [2.45, 2.75) is 25.8 Å². The first-order valence-corrected chi connectivity index (χ1v) is 3.07. The van der Waals surface area contributed by atoms with E-state index >= 15 is 0 Å². The Bertz CT molecular complexity index is 127. The van der Waals surface area contributed by atoms with Crippen molar-refractivity contribution in [2.75, 3.05) is 0 Å². The van der Waals surface area contributed by atoms with Gasteiger partial charge in [0.05, 0.1) is 0 Å². The maximum Gasteiger partial charge on any atom is 0.0244 e. The first-order valence-electron chi connectivity index (χ1n) is 3.07. The van der Waals surface area contributed by atoms with E-state index in [0.717, 1.165) is 12.8 Å². The fraction of sp³-hybridized carbons (Fsp3) is 0.500. The third-order valence-electron chi connectivity index (χ3n) is 1.01. The third-order valence-corrected chi connectivity index (χ3v) is 1.01. The number of rotatable bonds is 3. The molecule has 50 valence electrons. The standard InChI is InChI=1S/C8H13N/c1-3-5-7-8(9)6-4-2/h4,8H,2,6-7,9H2,1H3. The molecule has 0 heterocycles. The van der Waals surface area contributed by atoms with Crippen LogP contribution in [-0.2, 0) is 0 Å². The summed E-state index contributed by atoms with van der Waals surface area (Å²) in [6, 6.07) is 0.176. The van der Waals surface area contributed by atoms with E-state index < -0.39 is 0 Å². The Hall–Kier alpha value is -0.740. The Balaban J connectivity index is 3.33. The number of hydrogen-bond acceptors (Lipinski definition) is 1. The maximum absolute atomic E-state index is 5.60. The van der Waals surface area contributed by atoms with Crippen molar-refractivity contribution in [3.05, 3.63) is 12.7 Å². The predicted octanol–water partition coefficient (Wildman–Crippen LogP) is 1.30. The summed E-state index contributed by atoms with van der Waals surface area (Å²) in [4.78, 5) is 0. The third kappa shape index (κ3) is 5.13. The van der Waals surface area contributed by atoms with Gasteiger partial charge in [0.25, 0.3) is 0 Å². The Morgan fingerprint density at radius 3 is 2.89 bits per heavy atom. The van der Waals surface area contributed by atoms with Crippen LogP contribution in [0.2, 0.25) is 0 Å². The van der Waals surface area contributed by atoms with E-state index in [2.05, 4.69) is 18.4 Å². The lowest BCUT2D eigenvalue weighted by Gasteiger charge is -2.00. The Kier molecular flexibility index (Phi) is 4.95. The summed E-state index contributed by atoms with van der Waals surface area (Å²) in [5.74, 6) is 5.70. The molecule has 0 radical (unpaired) electrons. The molecule has 2 N–H and O–H groups in total. The fourth-order valence-corrected chi connectivity index (χ4v) is 0.531. The molecule has 0 bridgehead atoms. The van der Waals surface area contributed by atoms with Crippen LogP contribution in [0.1, 0.15) is 19.8 Å². The summed E-state index contributed by atoms with van der Waals surface area (Å²) in [6.07, 6.45) is 3.46. The lowest BCUT2D eigenvalue weighted by atomic mass is 10.1. The van der Waals surface area contributed by atoms with Crippen LogP contribution in [0.3, 0.4) is 0 Å². The smallest absolute Gasteiger partial charge is 0.0244 e. The van der Waals surface area contributed by atoms with Crippen LogP contribution in [0.4, 0.5) is 0 Å². The average molecular weight is 123 g/mol. The van der Waals surface area contributed by atoms with Crippen LogP contribution >= 0.6 is 0 Å². The highest BCUT2D eigenvalue weighted by Crippen LogP contribution is 1.92. The molecule has 0 aliphatic heterocycles. The zero-order chi connectivity index (χ0) is 7.11. The lowest BCUT2D eigenvalue weighted by Crippen LogP contribution is -2.17. The van der Waals surface area contributed by atoms with Gasteiger partial charge in [0.1, 0.15) is 0 Å². The Morgan fingerprint density at radius 2 is 2.44 bits per heavy atom. The first-order chi connectivity index (χ1) is 4.31. The molecule has 0 fully saturated rings. The summed E-state index contributed by atoms with van der Waals surface area (Å²) in [5, 5.41) is 0. The van der Waals surface area contributed by atoms with Gasteiger partial charge >= 0.3 is 0 Å². The maximum atomic E-state index is 5.60. The second kappa shape index (κ2) is 5.40. The molecule has 0 amide bonds. The molecular formula is C8H13N. The van der Waals surface area contributed by atoms with Gasteiger partial charge in [-0.3, -0.25) is 0 Å². The van der Waals surface area contributed by atoms with Crippen molar-refractivity contribution < 1.29 is 0 Å². The summed E-state index contributed by atoms with van der Waals surface area (Å²) in [5.41, 5.74) is 5.60. The normalized spacial score (nSPS) is 11.3. The van der Waals surface area contributed by atoms with Crippen molar-refractivity contribution in [1.29, 1.82) is 0 Å². The monoisotopic (exact) mass is 123 g/mol. The second-order valence-electron chi connectivity index (χ2n) is 1.92. The molecule has 0 aliphatic carbocycles. The minimum atomic E-state index is 0.176. The molecule has 0 saturated carbocycles. The van der Waals surface area contributed by atoms with Gasteiger partial charge < -0.3 is 5.73 Å². The molecule has 1 nitrogen and oxygen atoms in total. The van der Waals surface area contributed by atoms with Crippen molar-refractivity contribution >= 4 is 0 Å². The minimum absolute atomic E-state index is 0.176. The second-order valence-corrected chi connectivity index (χ2v) is 1.92. The van der Waals surface area contributed by atoms with Gasteiger partial charge in [0, 0.05) is 12.5 Å². The van der Waals surface area contributed by atoms with Gasteiger partial charge in [0.2, 0.25) is 0 Å². The van der Waals surface area contributed by atoms with Crippen molar-refractivity contribution in [2.24, 2.45) is 5.73 Å². The molecule has 1 atom stereocenters.